The van der Waals surface area contributed by atoms with Gasteiger partial charge in [0.25, 0.3) is 0 Å². The molecule has 0 radical (unpaired) electrons. The Morgan fingerprint density at radius 1 is 0.964 bits per heavy atom. The number of nitrogens with zero attached hydrogens (tertiary/aromatic N) is 1. The number of ether oxygens (including phenoxy) is 1. The molecule has 3 atom stereocenters. The number of fused-ring (bicyclic) bond motifs is 2. The molecule has 0 saturated heterocycles. The second kappa shape index (κ2) is 7.12. The zero-order valence-electron chi connectivity index (χ0n) is 16.0. The van der Waals surface area contributed by atoms with Crippen molar-refractivity contribution in [2.45, 2.75) is 25.4 Å². The van der Waals surface area contributed by atoms with Gasteiger partial charge in [-0.1, -0.05) is 67.6 Å². The molecular weight excluding hydrogens is 342 g/mol. The Hall–Kier alpha value is -3.13. The average molecular weight is 365 g/mol. The molecule has 0 bridgehead atoms. The average Bonchev–Trinajstić information content (AvgIpc) is 3.14. The van der Waals surface area contributed by atoms with Crippen molar-refractivity contribution in [1.82, 2.24) is 4.98 Å². The van der Waals surface area contributed by atoms with Crippen LogP contribution < -0.4 is 4.74 Å². The maximum atomic E-state index is 6.38. The van der Waals surface area contributed by atoms with E-state index in [1.165, 1.54) is 16.7 Å². The van der Waals surface area contributed by atoms with Crippen LogP contribution in [0, 0.1) is 5.92 Å². The molecule has 0 N–H and O–H groups in total. The summed E-state index contributed by atoms with van der Waals surface area (Å²) in [6, 6.07) is 23.1. The van der Waals surface area contributed by atoms with Crippen LogP contribution in [0.5, 0.6) is 5.75 Å². The summed E-state index contributed by atoms with van der Waals surface area (Å²) in [5.41, 5.74) is 6.41. The summed E-state index contributed by atoms with van der Waals surface area (Å²) in [6.45, 7) is 2.30. The highest BCUT2D eigenvalue weighted by molar-refractivity contribution is 5.77. The van der Waals surface area contributed by atoms with Crippen molar-refractivity contribution in [2.24, 2.45) is 5.92 Å². The predicted molar refractivity (Wildman–Crippen MR) is 114 cm³/mol. The van der Waals surface area contributed by atoms with Gasteiger partial charge in [-0.15, -0.1) is 0 Å². The standard InChI is InChI=1S/C26H23NO/c1-18(16-20-9-6-7-15-27-20)23-17-24(22-11-4-3-10-21(22)23)26-14-13-19-8-2-5-12-25(19)28-26/h2-15,17-18,24,26H,16H2,1H3. The van der Waals surface area contributed by atoms with Gasteiger partial charge in [0.15, 0.2) is 0 Å². The Labute approximate surface area is 166 Å². The molecule has 138 valence electrons. The van der Waals surface area contributed by atoms with Gasteiger partial charge in [0, 0.05) is 23.4 Å². The number of para-hydroxylation sites is 1. The first-order valence-corrected chi connectivity index (χ1v) is 9.94. The van der Waals surface area contributed by atoms with Gasteiger partial charge in [-0.2, -0.15) is 0 Å². The molecule has 1 aliphatic heterocycles. The molecule has 5 rings (SSSR count). The Bertz CT molecular complexity index is 1050. The summed E-state index contributed by atoms with van der Waals surface area (Å²) < 4.78 is 6.38. The van der Waals surface area contributed by atoms with Gasteiger partial charge in [0.1, 0.15) is 11.9 Å². The number of aromatic nitrogens is 1. The van der Waals surface area contributed by atoms with E-state index >= 15 is 0 Å². The lowest BCUT2D eigenvalue weighted by atomic mass is 9.91. The number of hydrogen-bond acceptors (Lipinski definition) is 2. The lowest BCUT2D eigenvalue weighted by Crippen LogP contribution is -2.23. The fourth-order valence-corrected chi connectivity index (χ4v) is 4.37. The van der Waals surface area contributed by atoms with Crippen LogP contribution in [0.15, 0.2) is 85.1 Å². The second-order valence-corrected chi connectivity index (χ2v) is 7.64. The molecule has 3 unspecified atom stereocenters. The lowest BCUT2D eigenvalue weighted by Gasteiger charge is -2.26. The molecule has 2 heteroatoms. The summed E-state index contributed by atoms with van der Waals surface area (Å²) in [6.07, 6.45) is 9.65. The van der Waals surface area contributed by atoms with Crippen LogP contribution in [0.4, 0.5) is 0 Å². The van der Waals surface area contributed by atoms with Crippen LogP contribution in [0.1, 0.15) is 35.2 Å². The fraction of sp³-hybridized carbons (Fsp3) is 0.192. The topological polar surface area (TPSA) is 22.1 Å². The summed E-state index contributed by atoms with van der Waals surface area (Å²) in [5, 5.41) is 0. The molecule has 2 aromatic carbocycles. The van der Waals surface area contributed by atoms with Gasteiger partial charge in [0.2, 0.25) is 0 Å². The smallest absolute Gasteiger partial charge is 0.127 e. The second-order valence-electron chi connectivity index (χ2n) is 7.64. The van der Waals surface area contributed by atoms with Crippen LogP contribution >= 0.6 is 0 Å². The quantitative estimate of drug-likeness (QED) is 0.573. The summed E-state index contributed by atoms with van der Waals surface area (Å²) in [7, 11) is 0. The minimum atomic E-state index is 0.0237. The highest BCUT2D eigenvalue weighted by atomic mass is 16.5. The minimum absolute atomic E-state index is 0.0237. The predicted octanol–water partition coefficient (Wildman–Crippen LogP) is 5.92. The first-order valence-electron chi connectivity index (χ1n) is 9.94. The minimum Gasteiger partial charge on any atom is -0.485 e. The highest BCUT2D eigenvalue weighted by Gasteiger charge is 2.32. The Morgan fingerprint density at radius 3 is 2.68 bits per heavy atom. The van der Waals surface area contributed by atoms with E-state index < -0.39 is 0 Å². The van der Waals surface area contributed by atoms with Crippen LogP contribution in [-0.2, 0) is 6.42 Å². The van der Waals surface area contributed by atoms with E-state index in [0.29, 0.717) is 5.92 Å². The highest BCUT2D eigenvalue weighted by Crippen LogP contribution is 2.44. The summed E-state index contributed by atoms with van der Waals surface area (Å²) >= 11 is 0. The van der Waals surface area contributed by atoms with Crippen molar-refractivity contribution in [3.8, 4) is 5.75 Å². The number of rotatable bonds is 4. The van der Waals surface area contributed by atoms with E-state index in [-0.39, 0.29) is 12.0 Å². The molecule has 0 fully saturated rings. The van der Waals surface area contributed by atoms with Crippen LogP contribution in [0.2, 0.25) is 0 Å². The molecule has 3 aromatic rings. The molecule has 2 nitrogen and oxygen atoms in total. The normalized spacial score (nSPS) is 20.7. The van der Waals surface area contributed by atoms with E-state index in [1.807, 2.05) is 18.3 Å². The zero-order valence-corrected chi connectivity index (χ0v) is 16.0. The molecule has 2 heterocycles. The van der Waals surface area contributed by atoms with E-state index in [1.54, 1.807) is 0 Å². The molecule has 1 aliphatic carbocycles. The van der Waals surface area contributed by atoms with E-state index in [9.17, 15) is 0 Å². The van der Waals surface area contributed by atoms with Crippen molar-refractivity contribution in [2.75, 3.05) is 0 Å². The van der Waals surface area contributed by atoms with Gasteiger partial charge in [0.05, 0.1) is 0 Å². The molecule has 0 spiro atoms. The van der Waals surface area contributed by atoms with E-state index in [4.69, 9.17) is 4.74 Å². The van der Waals surface area contributed by atoms with E-state index in [0.717, 1.165) is 23.4 Å². The molecular formula is C26H23NO. The van der Waals surface area contributed by atoms with Crippen molar-refractivity contribution < 1.29 is 4.74 Å². The number of pyridine rings is 1. The van der Waals surface area contributed by atoms with Crippen LogP contribution in [-0.4, -0.2) is 11.1 Å². The Balaban J connectivity index is 1.46. The maximum absolute atomic E-state index is 6.38. The van der Waals surface area contributed by atoms with Crippen LogP contribution in [0.3, 0.4) is 0 Å². The first-order chi connectivity index (χ1) is 13.8. The van der Waals surface area contributed by atoms with Gasteiger partial charge in [-0.25, -0.2) is 0 Å². The van der Waals surface area contributed by atoms with Crippen LogP contribution in [0.25, 0.3) is 11.6 Å². The SMILES string of the molecule is CC(Cc1ccccn1)C1=CC(C2C=Cc3ccccc3O2)c2ccccc21. The number of hydrogen-bond donors (Lipinski definition) is 0. The zero-order chi connectivity index (χ0) is 18.9. The first kappa shape index (κ1) is 17.0. The molecule has 0 amide bonds. The number of allylic oxidation sites excluding steroid dienone is 1. The Kier molecular flexibility index (Phi) is 4.32. The summed E-state index contributed by atoms with van der Waals surface area (Å²) in [4.78, 5) is 4.52. The third-order valence-electron chi connectivity index (χ3n) is 5.76. The summed E-state index contributed by atoms with van der Waals surface area (Å²) in [5.74, 6) is 1.61. The van der Waals surface area contributed by atoms with Gasteiger partial charge in [-0.3, -0.25) is 4.98 Å². The molecule has 2 aliphatic rings. The number of benzene rings is 2. The third-order valence-corrected chi connectivity index (χ3v) is 5.76. The van der Waals surface area contributed by atoms with Crippen molar-refractivity contribution in [1.29, 1.82) is 0 Å². The molecule has 0 saturated carbocycles. The van der Waals surface area contributed by atoms with E-state index in [2.05, 4.69) is 84.7 Å². The lowest BCUT2D eigenvalue weighted by molar-refractivity contribution is 0.231. The van der Waals surface area contributed by atoms with Crippen molar-refractivity contribution in [3.63, 3.8) is 0 Å². The maximum Gasteiger partial charge on any atom is 0.127 e. The van der Waals surface area contributed by atoms with Gasteiger partial charge < -0.3 is 4.74 Å². The largest absolute Gasteiger partial charge is 0.485 e. The molecule has 1 aromatic heterocycles. The third kappa shape index (κ3) is 3.05. The fourth-order valence-electron chi connectivity index (χ4n) is 4.37. The van der Waals surface area contributed by atoms with Crippen molar-refractivity contribution in [3.05, 3.63) is 107 Å². The van der Waals surface area contributed by atoms with Gasteiger partial charge in [-0.05, 0) is 53.3 Å². The molecule has 28 heavy (non-hydrogen) atoms. The Morgan fingerprint density at radius 2 is 1.79 bits per heavy atom. The van der Waals surface area contributed by atoms with Crippen molar-refractivity contribution >= 4 is 11.6 Å². The monoisotopic (exact) mass is 365 g/mol. The van der Waals surface area contributed by atoms with Gasteiger partial charge >= 0.3 is 0 Å².